The monoisotopic (exact) mass is 380 g/mol. The summed E-state index contributed by atoms with van der Waals surface area (Å²) in [6.45, 7) is 3.09. The van der Waals surface area contributed by atoms with E-state index in [1.54, 1.807) is 9.47 Å². The Bertz CT molecular complexity index is 906. The van der Waals surface area contributed by atoms with E-state index in [9.17, 15) is 18.0 Å². The van der Waals surface area contributed by atoms with Crippen molar-refractivity contribution in [1.29, 1.82) is 0 Å². The largest absolute Gasteiger partial charge is 0.333 e. The standard InChI is InChI=1S/C17H24N4O4S/c1-17(6-4-3-5-7-17)16(23)20-8-9-21-14(12-20)19-13(10-15(21)22)11-18-26(2,24)25/h3-4,10,18H,5-9,11-12H2,1-2H3. The Morgan fingerprint density at radius 2 is 2.12 bits per heavy atom. The average molecular weight is 380 g/mol. The van der Waals surface area contributed by atoms with Crippen LogP contribution < -0.4 is 10.3 Å². The van der Waals surface area contributed by atoms with Crippen LogP contribution in [0.1, 0.15) is 37.7 Å². The van der Waals surface area contributed by atoms with Crippen LogP contribution in [0.2, 0.25) is 0 Å². The van der Waals surface area contributed by atoms with Crippen molar-refractivity contribution < 1.29 is 13.2 Å². The van der Waals surface area contributed by atoms with Gasteiger partial charge in [0.05, 0.1) is 30.5 Å². The topological polar surface area (TPSA) is 101 Å². The summed E-state index contributed by atoms with van der Waals surface area (Å²) < 4.78 is 26.4. The summed E-state index contributed by atoms with van der Waals surface area (Å²) in [5, 5.41) is 0. The van der Waals surface area contributed by atoms with E-state index in [4.69, 9.17) is 0 Å². The zero-order chi connectivity index (χ0) is 18.9. The van der Waals surface area contributed by atoms with Crippen molar-refractivity contribution >= 4 is 15.9 Å². The second-order valence-electron chi connectivity index (χ2n) is 7.25. The molecule has 1 unspecified atom stereocenters. The fourth-order valence-corrected chi connectivity index (χ4v) is 3.86. The molecule has 26 heavy (non-hydrogen) atoms. The molecular weight excluding hydrogens is 356 g/mol. The van der Waals surface area contributed by atoms with Crippen molar-refractivity contribution in [2.45, 2.75) is 45.8 Å². The lowest BCUT2D eigenvalue weighted by Gasteiger charge is -2.37. The molecular formula is C17H24N4O4S. The number of hydrogen-bond donors (Lipinski definition) is 1. The SMILES string of the molecule is CC1(C(=O)N2CCn3c(nc(CNS(C)(=O)=O)cc3=O)C2)CC=CCC1. The lowest BCUT2D eigenvalue weighted by Crippen LogP contribution is -2.48. The summed E-state index contributed by atoms with van der Waals surface area (Å²) in [5.74, 6) is 0.583. The third kappa shape index (κ3) is 4.04. The number of fused-ring (bicyclic) bond motifs is 1. The molecule has 3 rings (SSSR count). The van der Waals surface area contributed by atoms with Crippen LogP contribution in [0.15, 0.2) is 23.0 Å². The van der Waals surface area contributed by atoms with E-state index in [1.807, 2.05) is 6.92 Å². The molecule has 0 saturated carbocycles. The van der Waals surface area contributed by atoms with Gasteiger partial charge in [0.25, 0.3) is 5.56 Å². The molecule has 1 atom stereocenters. The molecule has 0 spiro atoms. The van der Waals surface area contributed by atoms with E-state index in [-0.39, 0.29) is 24.6 Å². The van der Waals surface area contributed by atoms with Crippen LogP contribution in [0.25, 0.3) is 0 Å². The maximum atomic E-state index is 13.0. The molecule has 0 fully saturated rings. The van der Waals surface area contributed by atoms with Crippen LogP contribution in [-0.2, 0) is 34.5 Å². The van der Waals surface area contributed by atoms with E-state index in [0.29, 0.717) is 24.6 Å². The Hall–Kier alpha value is -2.00. The number of nitrogens with one attached hydrogen (secondary N) is 1. The number of rotatable bonds is 4. The molecule has 1 aromatic heterocycles. The molecule has 8 nitrogen and oxygen atoms in total. The van der Waals surface area contributed by atoms with Gasteiger partial charge in [-0.15, -0.1) is 0 Å². The highest BCUT2D eigenvalue weighted by molar-refractivity contribution is 7.88. The highest BCUT2D eigenvalue weighted by Crippen LogP contribution is 2.34. The van der Waals surface area contributed by atoms with E-state index in [1.165, 1.54) is 6.07 Å². The molecule has 0 radical (unpaired) electrons. The second-order valence-corrected chi connectivity index (χ2v) is 9.08. The maximum absolute atomic E-state index is 13.0. The number of nitrogens with zero attached hydrogens (tertiary/aromatic N) is 3. The van der Waals surface area contributed by atoms with Gasteiger partial charge < -0.3 is 4.90 Å². The first-order valence-electron chi connectivity index (χ1n) is 8.67. The van der Waals surface area contributed by atoms with Gasteiger partial charge in [-0.2, -0.15) is 0 Å². The Labute approximate surface area is 153 Å². The van der Waals surface area contributed by atoms with Gasteiger partial charge in [-0.1, -0.05) is 19.1 Å². The highest BCUT2D eigenvalue weighted by atomic mass is 32.2. The molecule has 0 saturated heterocycles. The summed E-state index contributed by atoms with van der Waals surface area (Å²) in [7, 11) is -3.37. The lowest BCUT2D eigenvalue weighted by atomic mass is 9.77. The molecule has 1 amide bonds. The molecule has 2 aliphatic rings. The minimum absolute atomic E-state index is 0.0433. The number of allylic oxidation sites excluding steroid dienone is 2. The Kier molecular flexibility index (Phi) is 5.03. The molecule has 9 heteroatoms. The fourth-order valence-electron chi connectivity index (χ4n) is 3.45. The van der Waals surface area contributed by atoms with Crippen LogP contribution in [0.3, 0.4) is 0 Å². The Balaban J connectivity index is 1.80. The number of sulfonamides is 1. The van der Waals surface area contributed by atoms with Crippen molar-refractivity contribution in [3.05, 3.63) is 40.1 Å². The number of carbonyl (C=O) groups is 1. The summed E-state index contributed by atoms with van der Waals surface area (Å²) in [4.78, 5) is 31.4. The second kappa shape index (κ2) is 6.96. The van der Waals surface area contributed by atoms with Crippen LogP contribution in [0, 0.1) is 5.41 Å². The molecule has 142 valence electrons. The molecule has 0 bridgehead atoms. The van der Waals surface area contributed by atoms with Gasteiger partial charge in [-0.25, -0.2) is 18.1 Å². The van der Waals surface area contributed by atoms with Crippen LogP contribution in [0.5, 0.6) is 0 Å². The van der Waals surface area contributed by atoms with Crippen molar-refractivity contribution in [2.24, 2.45) is 5.41 Å². The van der Waals surface area contributed by atoms with Crippen molar-refractivity contribution in [2.75, 3.05) is 12.8 Å². The van der Waals surface area contributed by atoms with E-state index >= 15 is 0 Å². The fraction of sp³-hybridized carbons (Fsp3) is 0.588. The Morgan fingerprint density at radius 1 is 1.35 bits per heavy atom. The highest BCUT2D eigenvalue weighted by Gasteiger charge is 2.37. The summed E-state index contributed by atoms with van der Waals surface area (Å²) in [5.41, 5.74) is -0.279. The predicted molar refractivity (Wildman–Crippen MR) is 96.7 cm³/mol. The normalized spacial score (nSPS) is 22.9. The molecule has 1 aliphatic heterocycles. The maximum Gasteiger partial charge on any atom is 0.253 e. The molecule has 1 aromatic rings. The zero-order valence-electron chi connectivity index (χ0n) is 15.1. The molecule has 2 heterocycles. The van der Waals surface area contributed by atoms with Crippen LogP contribution in [-0.4, -0.2) is 41.6 Å². The first-order chi connectivity index (χ1) is 12.2. The van der Waals surface area contributed by atoms with Gasteiger partial charge >= 0.3 is 0 Å². The van der Waals surface area contributed by atoms with Gasteiger partial charge in [0.2, 0.25) is 15.9 Å². The number of amides is 1. The van der Waals surface area contributed by atoms with Crippen molar-refractivity contribution in [1.82, 2.24) is 19.2 Å². The lowest BCUT2D eigenvalue weighted by molar-refractivity contribution is -0.143. The number of hydrogen-bond acceptors (Lipinski definition) is 5. The van der Waals surface area contributed by atoms with Crippen LogP contribution in [0.4, 0.5) is 0 Å². The molecule has 1 aliphatic carbocycles. The quantitative estimate of drug-likeness (QED) is 0.761. The van der Waals surface area contributed by atoms with Crippen LogP contribution >= 0.6 is 0 Å². The molecule has 1 N–H and O–H groups in total. The van der Waals surface area contributed by atoms with Gasteiger partial charge in [0, 0.05) is 19.2 Å². The van der Waals surface area contributed by atoms with E-state index in [2.05, 4.69) is 21.9 Å². The predicted octanol–water partition coefficient (Wildman–Crippen LogP) is 0.381. The van der Waals surface area contributed by atoms with Gasteiger partial charge in [0.1, 0.15) is 5.82 Å². The first kappa shape index (κ1) is 18.8. The first-order valence-corrected chi connectivity index (χ1v) is 10.6. The summed E-state index contributed by atoms with van der Waals surface area (Å²) in [6.07, 6.45) is 7.64. The summed E-state index contributed by atoms with van der Waals surface area (Å²) in [6, 6.07) is 1.34. The van der Waals surface area contributed by atoms with Crippen molar-refractivity contribution in [3.63, 3.8) is 0 Å². The minimum atomic E-state index is -3.37. The van der Waals surface area contributed by atoms with E-state index in [0.717, 1.165) is 25.5 Å². The van der Waals surface area contributed by atoms with E-state index < -0.39 is 15.4 Å². The third-order valence-corrected chi connectivity index (χ3v) is 5.65. The smallest absolute Gasteiger partial charge is 0.253 e. The zero-order valence-corrected chi connectivity index (χ0v) is 15.9. The van der Waals surface area contributed by atoms with Gasteiger partial charge in [-0.05, 0) is 19.3 Å². The number of aromatic nitrogens is 2. The van der Waals surface area contributed by atoms with Crippen molar-refractivity contribution in [3.8, 4) is 0 Å². The molecule has 0 aromatic carbocycles. The average Bonchev–Trinajstić information content (AvgIpc) is 2.59. The number of carbonyl (C=O) groups excluding carboxylic acids is 1. The van der Waals surface area contributed by atoms with Gasteiger partial charge in [-0.3, -0.25) is 14.2 Å². The third-order valence-electron chi connectivity index (χ3n) is 4.98. The van der Waals surface area contributed by atoms with Gasteiger partial charge in [0.15, 0.2) is 0 Å². The Morgan fingerprint density at radius 3 is 2.77 bits per heavy atom. The summed E-state index contributed by atoms with van der Waals surface area (Å²) >= 11 is 0. The minimum Gasteiger partial charge on any atom is -0.333 e.